The van der Waals surface area contributed by atoms with E-state index in [0.717, 1.165) is 57.9 Å². The van der Waals surface area contributed by atoms with Gasteiger partial charge >= 0.3 is 0 Å². The Balaban J connectivity index is 1.14. The van der Waals surface area contributed by atoms with Gasteiger partial charge in [-0.2, -0.15) is 4.98 Å². The fourth-order valence-electron chi connectivity index (χ4n) is 4.37. The lowest BCUT2D eigenvalue weighted by Crippen LogP contribution is -2.39. The standard InChI is InChI=1S/C22H32FN5O5S/c1-15(23)11-19-26-21(33-27-19)14-28-9-7-18(8-10-28)31-16-3-5-17(6-4-16)32-20-12-25-22(13-24-20)34(2,29)30/h12-13,15-18H,3-11,14H2,1-2H3. The minimum absolute atomic E-state index is 0.0276. The molecule has 0 aromatic carbocycles. The molecule has 12 heteroatoms. The number of sulfone groups is 1. The molecule has 0 bridgehead atoms. The number of hydrogen-bond donors (Lipinski definition) is 0. The number of ether oxygens (including phenoxy) is 2. The molecule has 1 saturated carbocycles. The highest BCUT2D eigenvalue weighted by molar-refractivity contribution is 7.90. The van der Waals surface area contributed by atoms with Crippen molar-refractivity contribution in [2.24, 2.45) is 0 Å². The van der Waals surface area contributed by atoms with Crippen molar-refractivity contribution in [1.82, 2.24) is 25.0 Å². The number of alkyl halides is 1. The van der Waals surface area contributed by atoms with Gasteiger partial charge < -0.3 is 14.0 Å². The smallest absolute Gasteiger partial charge is 0.240 e. The highest BCUT2D eigenvalue weighted by atomic mass is 32.2. The first-order chi connectivity index (χ1) is 16.2. The van der Waals surface area contributed by atoms with E-state index in [-0.39, 0.29) is 29.8 Å². The molecule has 2 aromatic rings. The molecule has 1 atom stereocenters. The second kappa shape index (κ2) is 11.0. The molecule has 1 aliphatic heterocycles. The second-order valence-corrected chi connectivity index (χ2v) is 11.1. The van der Waals surface area contributed by atoms with E-state index in [0.29, 0.717) is 24.1 Å². The van der Waals surface area contributed by atoms with Gasteiger partial charge in [-0.1, -0.05) is 5.16 Å². The van der Waals surface area contributed by atoms with Crippen LogP contribution in [-0.4, -0.2) is 77.3 Å². The summed E-state index contributed by atoms with van der Waals surface area (Å²) in [6.45, 7) is 3.85. The van der Waals surface area contributed by atoms with Crippen molar-refractivity contribution in [3.63, 3.8) is 0 Å². The monoisotopic (exact) mass is 497 g/mol. The summed E-state index contributed by atoms with van der Waals surface area (Å²) < 4.78 is 53.5. The Kier molecular flexibility index (Phi) is 8.10. The van der Waals surface area contributed by atoms with Gasteiger partial charge in [0.05, 0.1) is 31.1 Å². The zero-order valence-electron chi connectivity index (χ0n) is 19.6. The molecule has 1 saturated heterocycles. The summed E-state index contributed by atoms with van der Waals surface area (Å²) >= 11 is 0. The fourth-order valence-corrected chi connectivity index (χ4v) is 4.86. The highest BCUT2D eigenvalue weighted by Crippen LogP contribution is 2.27. The average molecular weight is 498 g/mol. The van der Waals surface area contributed by atoms with Crippen molar-refractivity contribution >= 4 is 9.84 Å². The van der Waals surface area contributed by atoms with Crippen LogP contribution in [0.3, 0.4) is 0 Å². The molecule has 4 rings (SSSR count). The van der Waals surface area contributed by atoms with Gasteiger partial charge in [0.15, 0.2) is 20.7 Å². The maximum absolute atomic E-state index is 13.1. The van der Waals surface area contributed by atoms with Gasteiger partial charge in [0, 0.05) is 25.8 Å². The van der Waals surface area contributed by atoms with Gasteiger partial charge in [-0.3, -0.25) is 4.90 Å². The molecule has 2 aliphatic rings. The van der Waals surface area contributed by atoms with Crippen LogP contribution in [0.4, 0.5) is 4.39 Å². The van der Waals surface area contributed by atoms with Crippen molar-refractivity contribution in [1.29, 1.82) is 0 Å². The molecule has 188 valence electrons. The van der Waals surface area contributed by atoms with Crippen LogP contribution in [0.1, 0.15) is 57.2 Å². The molecule has 0 spiro atoms. The van der Waals surface area contributed by atoms with Crippen LogP contribution in [0, 0.1) is 0 Å². The molecular weight excluding hydrogens is 465 g/mol. The van der Waals surface area contributed by atoms with Crippen molar-refractivity contribution in [2.45, 2.75) is 87.9 Å². The topological polar surface area (TPSA) is 121 Å². The third-order valence-corrected chi connectivity index (χ3v) is 7.12. The number of aromatic nitrogens is 4. The molecular formula is C22H32FN5O5S. The number of hydrogen-bond acceptors (Lipinski definition) is 10. The molecule has 34 heavy (non-hydrogen) atoms. The average Bonchev–Trinajstić information content (AvgIpc) is 3.22. The number of piperidine rings is 1. The van der Waals surface area contributed by atoms with E-state index in [1.807, 2.05) is 0 Å². The first kappa shape index (κ1) is 24.9. The molecule has 2 aromatic heterocycles. The Morgan fingerprint density at radius 1 is 1.09 bits per heavy atom. The predicted octanol–water partition coefficient (Wildman–Crippen LogP) is 2.53. The van der Waals surface area contributed by atoms with E-state index in [1.165, 1.54) is 19.3 Å². The lowest BCUT2D eigenvalue weighted by molar-refractivity contribution is -0.0679. The van der Waals surface area contributed by atoms with E-state index in [1.54, 1.807) is 0 Å². The largest absolute Gasteiger partial charge is 0.473 e. The Morgan fingerprint density at radius 3 is 2.38 bits per heavy atom. The minimum atomic E-state index is -3.37. The molecule has 1 aliphatic carbocycles. The summed E-state index contributed by atoms with van der Waals surface area (Å²) in [5.74, 6) is 1.29. The summed E-state index contributed by atoms with van der Waals surface area (Å²) in [4.78, 5) is 14.5. The SMILES string of the molecule is CC(F)Cc1noc(CN2CCC(OC3CCC(Oc4cnc(S(C)(=O)=O)cn4)CC3)CC2)n1. The van der Waals surface area contributed by atoms with Crippen molar-refractivity contribution < 1.29 is 26.8 Å². The second-order valence-electron chi connectivity index (χ2n) is 9.18. The lowest BCUT2D eigenvalue weighted by atomic mass is 9.94. The van der Waals surface area contributed by atoms with Crippen molar-refractivity contribution in [2.75, 3.05) is 19.3 Å². The Labute approximate surface area is 199 Å². The van der Waals surface area contributed by atoms with Gasteiger partial charge in [0.1, 0.15) is 12.3 Å². The summed E-state index contributed by atoms with van der Waals surface area (Å²) in [7, 11) is -3.37. The Morgan fingerprint density at radius 2 is 1.76 bits per heavy atom. The number of likely N-dealkylation sites (tertiary alicyclic amines) is 1. The Bertz CT molecular complexity index is 1020. The minimum Gasteiger partial charge on any atom is -0.473 e. The molecule has 0 N–H and O–H groups in total. The molecule has 0 amide bonds. The highest BCUT2D eigenvalue weighted by Gasteiger charge is 2.28. The van der Waals surface area contributed by atoms with Crippen LogP contribution in [0.25, 0.3) is 0 Å². The number of nitrogens with zero attached hydrogens (tertiary/aromatic N) is 5. The maximum atomic E-state index is 13.1. The third-order valence-electron chi connectivity index (χ3n) is 6.15. The van der Waals surface area contributed by atoms with E-state index in [4.69, 9.17) is 14.0 Å². The van der Waals surface area contributed by atoms with Crippen molar-refractivity contribution in [3.05, 3.63) is 24.1 Å². The van der Waals surface area contributed by atoms with Crippen LogP contribution >= 0.6 is 0 Å². The first-order valence-electron chi connectivity index (χ1n) is 11.8. The molecule has 1 unspecified atom stereocenters. The summed E-state index contributed by atoms with van der Waals surface area (Å²) in [6.07, 6.45) is 8.80. The Hall–Kier alpha value is -2.18. The van der Waals surface area contributed by atoms with E-state index < -0.39 is 16.0 Å². The van der Waals surface area contributed by atoms with Gasteiger partial charge in [-0.15, -0.1) is 0 Å². The van der Waals surface area contributed by atoms with Crippen molar-refractivity contribution in [3.8, 4) is 5.88 Å². The zero-order valence-corrected chi connectivity index (χ0v) is 20.4. The molecule has 3 heterocycles. The first-order valence-corrected chi connectivity index (χ1v) is 13.7. The predicted molar refractivity (Wildman–Crippen MR) is 120 cm³/mol. The number of halogens is 1. The van der Waals surface area contributed by atoms with E-state index >= 15 is 0 Å². The van der Waals surface area contributed by atoms with Gasteiger partial charge in [-0.25, -0.2) is 22.8 Å². The normalized spacial score (nSPS) is 23.6. The van der Waals surface area contributed by atoms with E-state index in [2.05, 4.69) is 25.0 Å². The lowest BCUT2D eigenvalue weighted by Gasteiger charge is -2.35. The third kappa shape index (κ3) is 7.16. The van der Waals surface area contributed by atoms with E-state index in [9.17, 15) is 12.8 Å². The van der Waals surface area contributed by atoms with Crippen LogP contribution < -0.4 is 4.74 Å². The molecule has 0 radical (unpaired) electrons. The van der Waals surface area contributed by atoms with Crippen LogP contribution in [0.2, 0.25) is 0 Å². The van der Waals surface area contributed by atoms with Crippen LogP contribution in [0.15, 0.2) is 21.9 Å². The van der Waals surface area contributed by atoms with Gasteiger partial charge in [0.2, 0.25) is 11.8 Å². The summed E-state index contributed by atoms with van der Waals surface area (Å²) in [6, 6.07) is 0. The zero-order chi connectivity index (χ0) is 24.1. The summed E-state index contributed by atoms with van der Waals surface area (Å²) in [5.41, 5.74) is 0. The van der Waals surface area contributed by atoms with Gasteiger partial charge in [0.25, 0.3) is 0 Å². The quantitative estimate of drug-likeness (QED) is 0.511. The molecule has 2 fully saturated rings. The number of rotatable bonds is 9. The molecule has 10 nitrogen and oxygen atoms in total. The van der Waals surface area contributed by atoms with Gasteiger partial charge in [-0.05, 0) is 45.4 Å². The van der Waals surface area contributed by atoms with Crippen LogP contribution in [-0.2, 0) is 27.5 Å². The maximum Gasteiger partial charge on any atom is 0.240 e. The van der Waals surface area contributed by atoms with Crippen LogP contribution in [0.5, 0.6) is 5.88 Å². The summed E-state index contributed by atoms with van der Waals surface area (Å²) in [5, 5.41) is 3.78. The fraction of sp³-hybridized carbons (Fsp3) is 0.727.